The van der Waals surface area contributed by atoms with Gasteiger partial charge in [-0.15, -0.1) is 0 Å². The molecule has 16 heavy (non-hydrogen) atoms. The zero-order chi connectivity index (χ0) is 11.2. The van der Waals surface area contributed by atoms with Gasteiger partial charge in [0.05, 0.1) is 0 Å². The standard InChI is InChI=1S/C14H30O.Ca.2H/c1-2-3-4-5-6-7-8-9-10-11-12-13-14-15;;;/h15H,2-14H2,1H3;;;. The molecule has 0 aromatic rings. The van der Waals surface area contributed by atoms with Crippen LogP contribution in [0.25, 0.3) is 0 Å². The zero-order valence-corrected chi connectivity index (χ0v) is 10.6. The van der Waals surface area contributed by atoms with Gasteiger partial charge in [0.15, 0.2) is 0 Å². The second-order valence-electron chi connectivity index (χ2n) is 4.61. The van der Waals surface area contributed by atoms with Gasteiger partial charge in [0, 0.05) is 6.61 Å². The molecule has 96 valence electrons. The third-order valence-electron chi connectivity index (χ3n) is 3.01. The Labute approximate surface area is 132 Å². The Kier molecular flexibility index (Phi) is 22.7. The average Bonchev–Trinajstić information content (AvgIpc) is 2.26. The summed E-state index contributed by atoms with van der Waals surface area (Å²) in [4.78, 5) is 0. The van der Waals surface area contributed by atoms with Crippen LogP contribution in [-0.4, -0.2) is 49.5 Å². The van der Waals surface area contributed by atoms with Crippen LogP contribution in [-0.2, 0) is 0 Å². The fourth-order valence-corrected chi connectivity index (χ4v) is 1.95. The van der Waals surface area contributed by atoms with Gasteiger partial charge in [-0.3, -0.25) is 0 Å². The van der Waals surface area contributed by atoms with E-state index in [0.29, 0.717) is 6.61 Å². The van der Waals surface area contributed by atoms with E-state index in [-0.39, 0.29) is 37.7 Å². The summed E-state index contributed by atoms with van der Waals surface area (Å²) in [5.74, 6) is 0. The molecule has 0 aliphatic carbocycles. The summed E-state index contributed by atoms with van der Waals surface area (Å²) in [6, 6.07) is 0. The molecule has 0 unspecified atom stereocenters. The normalized spacial score (nSPS) is 10.1. The molecule has 0 saturated carbocycles. The van der Waals surface area contributed by atoms with Crippen LogP contribution in [0.4, 0.5) is 0 Å². The second-order valence-corrected chi connectivity index (χ2v) is 4.61. The third-order valence-corrected chi connectivity index (χ3v) is 3.01. The van der Waals surface area contributed by atoms with Crippen molar-refractivity contribution in [2.45, 2.75) is 84.0 Å². The van der Waals surface area contributed by atoms with Crippen molar-refractivity contribution in [3.8, 4) is 0 Å². The summed E-state index contributed by atoms with van der Waals surface area (Å²) in [6.07, 6.45) is 16.2. The predicted octanol–water partition coefficient (Wildman–Crippen LogP) is 3.76. The molecule has 0 amide bonds. The molecule has 0 bridgehead atoms. The van der Waals surface area contributed by atoms with E-state index in [2.05, 4.69) is 6.92 Å². The van der Waals surface area contributed by atoms with Gasteiger partial charge in [0.25, 0.3) is 0 Å². The van der Waals surface area contributed by atoms with Gasteiger partial charge in [0.1, 0.15) is 0 Å². The summed E-state index contributed by atoms with van der Waals surface area (Å²) in [5.41, 5.74) is 0. The molecule has 1 N–H and O–H groups in total. The minimum atomic E-state index is 0. The van der Waals surface area contributed by atoms with Crippen LogP contribution in [0.1, 0.15) is 84.0 Å². The monoisotopic (exact) mass is 256 g/mol. The average molecular weight is 256 g/mol. The number of unbranched alkanes of at least 4 members (excludes halogenated alkanes) is 11. The van der Waals surface area contributed by atoms with E-state index in [0.717, 1.165) is 6.42 Å². The first-order chi connectivity index (χ1) is 7.41. The first-order valence-corrected chi connectivity index (χ1v) is 7.02. The number of rotatable bonds is 12. The Hall–Kier alpha value is 1.22. The first-order valence-electron chi connectivity index (χ1n) is 7.02. The van der Waals surface area contributed by atoms with Crippen LogP contribution in [0.5, 0.6) is 0 Å². The number of aliphatic hydroxyl groups is 1. The first kappa shape index (κ1) is 19.6. The van der Waals surface area contributed by atoms with Gasteiger partial charge in [-0.2, -0.15) is 0 Å². The molecule has 0 atom stereocenters. The van der Waals surface area contributed by atoms with Gasteiger partial charge in [-0.05, 0) is 6.42 Å². The van der Waals surface area contributed by atoms with Crippen molar-refractivity contribution in [3.63, 3.8) is 0 Å². The van der Waals surface area contributed by atoms with Crippen LogP contribution in [0.3, 0.4) is 0 Å². The van der Waals surface area contributed by atoms with E-state index in [9.17, 15) is 0 Å². The zero-order valence-electron chi connectivity index (χ0n) is 10.6. The van der Waals surface area contributed by atoms with Crippen molar-refractivity contribution in [2.24, 2.45) is 0 Å². The van der Waals surface area contributed by atoms with Crippen LogP contribution in [0.15, 0.2) is 0 Å². The number of aliphatic hydroxyl groups excluding tert-OH is 1. The van der Waals surface area contributed by atoms with Gasteiger partial charge >= 0.3 is 37.7 Å². The summed E-state index contributed by atoms with van der Waals surface area (Å²) in [5, 5.41) is 8.61. The van der Waals surface area contributed by atoms with Crippen molar-refractivity contribution >= 4 is 37.7 Å². The number of hydrogen-bond donors (Lipinski definition) is 1. The minimum absolute atomic E-state index is 0. The fourth-order valence-electron chi connectivity index (χ4n) is 1.95. The van der Waals surface area contributed by atoms with E-state index in [4.69, 9.17) is 5.11 Å². The Morgan fingerprint density at radius 2 is 0.875 bits per heavy atom. The molecule has 0 rings (SSSR count). The van der Waals surface area contributed by atoms with E-state index in [1.54, 1.807) is 0 Å². The van der Waals surface area contributed by atoms with Crippen molar-refractivity contribution in [1.29, 1.82) is 0 Å². The molecule has 0 aromatic carbocycles. The van der Waals surface area contributed by atoms with Crippen molar-refractivity contribution in [3.05, 3.63) is 0 Å². The van der Waals surface area contributed by atoms with E-state index in [1.807, 2.05) is 0 Å². The molecule has 0 aromatic heterocycles. The Morgan fingerprint density at radius 1 is 0.562 bits per heavy atom. The molecule has 0 heterocycles. The van der Waals surface area contributed by atoms with Crippen LogP contribution >= 0.6 is 0 Å². The van der Waals surface area contributed by atoms with E-state index in [1.165, 1.54) is 70.6 Å². The molecule has 0 aliphatic rings. The molecule has 0 fully saturated rings. The summed E-state index contributed by atoms with van der Waals surface area (Å²) in [7, 11) is 0. The Balaban J connectivity index is 0. The topological polar surface area (TPSA) is 20.2 Å². The summed E-state index contributed by atoms with van der Waals surface area (Å²) >= 11 is 0. The SMILES string of the molecule is CCCCCCCCCCCCCCO.[CaH2]. The van der Waals surface area contributed by atoms with Gasteiger partial charge in [-0.1, -0.05) is 77.6 Å². The third kappa shape index (κ3) is 17.6. The van der Waals surface area contributed by atoms with Gasteiger partial charge in [-0.25, -0.2) is 0 Å². The second kappa shape index (κ2) is 18.6. The van der Waals surface area contributed by atoms with Crippen molar-refractivity contribution in [2.75, 3.05) is 6.61 Å². The van der Waals surface area contributed by atoms with Crippen LogP contribution in [0, 0.1) is 0 Å². The van der Waals surface area contributed by atoms with E-state index >= 15 is 0 Å². The fraction of sp³-hybridized carbons (Fsp3) is 1.00. The molecule has 2 heteroatoms. The summed E-state index contributed by atoms with van der Waals surface area (Å²) < 4.78 is 0. The molecular weight excluding hydrogens is 224 g/mol. The molecule has 0 radical (unpaired) electrons. The van der Waals surface area contributed by atoms with Crippen LogP contribution in [0.2, 0.25) is 0 Å². The van der Waals surface area contributed by atoms with E-state index < -0.39 is 0 Å². The van der Waals surface area contributed by atoms with Gasteiger partial charge in [0.2, 0.25) is 0 Å². The maximum absolute atomic E-state index is 8.61. The summed E-state index contributed by atoms with van der Waals surface area (Å²) in [6.45, 7) is 2.64. The molecule has 0 aliphatic heterocycles. The molecule has 1 nitrogen and oxygen atoms in total. The predicted molar refractivity (Wildman–Crippen MR) is 76.7 cm³/mol. The van der Waals surface area contributed by atoms with Crippen LogP contribution < -0.4 is 0 Å². The molecular formula is C14H32CaO. The number of hydrogen-bond acceptors (Lipinski definition) is 1. The van der Waals surface area contributed by atoms with Gasteiger partial charge < -0.3 is 5.11 Å². The molecule has 0 spiro atoms. The van der Waals surface area contributed by atoms with Crippen molar-refractivity contribution < 1.29 is 5.11 Å². The molecule has 0 saturated heterocycles. The maximum atomic E-state index is 8.61. The Morgan fingerprint density at radius 3 is 1.19 bits per heavy atom. The Bertz CT molecular complexity index is 94.9. The van der Waals surface area contributed by atoms with Crippen molar-refractivity contribution in [1.82, 2.24) is 0 Å². The quantitative estimate of drug-likeness (QED) is 0.416.